The largest absolute Gasteiger partial charge is 0.454 e. The Kier molecular flexibility index (Phi) is 5.33. The molecule has 0 aliphatic carbocycles. The molecule has 1 saturated heterocycles. The smallest absolute Gasteiger partial charge is 0.231 e. The van der Waals surface area contributed by atoms with Crippen LogP contribution in [0.5, 0.6) is 11.5 Å². The van der Waals surface area contributed by atoms with E-state index in [4.69, 9.17) is 9.47 Å². The number of rotatable bonds is 6. The highest BCUT2D eigenvalue weighted by Gasteiger charge is 2.25. The molecule has 0 amide bonds. The first-order valence-corrected chi connectivity index (χ1v) is 8.99. The van der Waals surface area contributed by atoms with E-state index in [9.17, 15) is 5.11 Å². The third kappa shape index (κ3) is 4.21. The van der Waals surface area contributed by atoms with Gasteiger partial charge in [-0.15, -0.1) is 0 Å². The van der Waals surface area contributed by atoms with Crippen molar-refractivity contribution in [1.29, 1.82) is 0 Å². The van der Waals surface area contributed by atoms with Crippen LogP contribution in [0.3, 0.4) is 0 Å². The maximum Gasteiger partial charge on any atom is 0.231 e. The van der Waals surface area contributed by atoms with Gasteiger partial charge in [0.05, 0.1) is 6.10 Å². The van der Waals surface area contributed by atoms with Gasteiger partial charge in [0.1, 0.15) is 0 Å². The van der Waals surface area contributed by atoms with Gasteiger partial charge >= 0.3 is 0 Å². The van der Waals surface area contributed by atoms with Crippen molar-refractivity contribution in [3.05, 3.63) is 23.8 Å². The van der Waals surface area contributed by atoms with Crippen LogP contribution in [0.1, 0.15) is 39.2 Å². The Labute approximate surface area is 144 Å². The maximum atomic E-state index is 10.4. The molecule has 0 spiro atoms. The molecule has 0 radical (unpaired) electrons. The van der Waals surface area contributed by atoms with Crippen molar-refractivity contribution in [3.63, 3.8) is 0 Å². The summed E-state index contributed by atoms with van der Waals surface area (Å²) in [6, 6.07) is 6.03. The van der Waals surface area contributed by atoms with Crippen LogP contribution in [0.2, 0.25) is 0 Å². The summed E-state index contributed by atoms with van der Waals surface area (Å²) >= 11 is 0. The second-order valence-corrected chi connectivity index (χ2v) is 7.71. The summed E-state index contributed by atoms with van der Waals surface area (Å²) in [5, 5.41) is 13.9. The first-order chi connectivity index (χ1) is 11.4. The molecule has 3 rings (SSSR count). The van der Waals surface area contributed by atoms with Gasteiger partial charge in [0, 0.05) is 18.6 Å². The highest BCUT2D eigenvalue weighted by atomic mass is 16.7. The van der Waals surface area contributed by atoms with Gasteiger partial charge in [-0.1, -0.05) is 13.0 Å². The lowest BCUT2D eigenvalue weighted by Gasteiger charge is -2.33. The fraction of sp³-hybridized carbons (Fsp3) is 0.684. The number of hydrogen-bond acceptors (Lipinski definition) is 5. The molecule has 24 heavy (non-hydrogen) atoms. The summed E-state index contributed by atoms with van der Waals surface area (Å²) in [5.41, 5.74) is 0.893. The molecular weight excluding hydrogens is 304 g/mol. The van der Waals surface area contributed by atoms with E-state index in [2.05, 4.69) is 37.1 Å². The predicted molar refractivity (Wildman–Crippen MR) is 94.4 cm³/mol. The van der Waals surface area contributed by atoms with Crippen molar-refractivity contribution < 1.29 is 14.6 Å². The third-order valence-electron chi connectivity index (χ3n) is 5.22. The van der Waals surface area contributed by atoms with E-state index in [0.29, 0.717) is 13.3 Å². The van der Waals surface area contributed by atoms with Crippen LogP contribution in [-0.4, -0.2) is 49.1 Å². The molecule has 5 heteroatoms. The fourth-order valence-electron chi connectivity index (χ4n) is 3.37. The molecule has 2 aliphatic rings. The van der Waals surface area contributed by atoms with Gasteiger partial charge in [-0.3, -0.25) is 0 Å². The average molecular weight is 334 g/mol. The Morgan fingerprint density at radius 2 is 1.96 bits per heavy atom. The molecule has 1 fully saturated rings. The summed E-state index contributed by atoms with van der Waals surface area (Å²) in [4.78, 5) is 2.37. The van der Waals surface area contributed by atoms with Gasteiger partial charge in [-0.2, -0.15) is 0 Å². The van der Waals surface area contributed by atoms with Crippen LogP contribution in [0.15, 0.2) is 18.2 Å². The van der Waals surface area contributed by atoms with Gasteiger partial charge < -0.3 is 24.8 Å². The predicted octanol–water partition coefficient (Wildman–Crippen LogP) is 2.33. The van der Waals surface area contributed by atoms with E-state index >= 15 is 0 Å². The highest BCUT2D eigenvalue weighted by molar-refractivity contribution is 5.46. The molecule has 1 unspecified atom stereocenters. The third-order valence-corrected chi connectivity index (χ3v) is 5.22. The lowest BCUT2D eigenvalue weighted by atomic mass is 9.93. The minimum atomic E-state index is -0.355. The van der Waals surface area contributed by atoms with E-state index in [1.807, 2.05) is 12.1 Å². The maximum absolute atomic E-state index is 10.4. The Hall–Kier alpha value is -1.30. The first kappa shape index (κ1) is 17.5. The van der Waals surface area contributed by atoms with Crippen LogP contribution < -0.4 is 14.8 Å². The second-order valence-electron chi connectivity index (χ2n) is 7.71. The Morgan fingerprint density at radius 1 is 1.25 bits per heavy atom. The normalized spacial score (nSPS) is 20.3. The van der Waals surface area contributed by atoms with Crippen molar-refractivity contribution in [2.75, 3.05) is 33.0 Å². The van der Waals surface area contributed by atoms with Gasteiger partial charge in [0.25, 0.3) is 0 Å². The van der Waals surface area contributed by atoms with E-state index in [-0.39, 0.29) is 11.6 Å². The lowest BCUT2D eigenvalue weighted by molar-refractivity contribution is 0.0854. The molecule has 0 bridgehead atoms. The zero-order valence-corrected chi connectivity index (χ0v) is 15.0. The Morgan fingerprint density at radius 3 is 2.71 bits per heavy atom. The number of aliphatic hydroxyl groups is 1. The monoisotopic (exact) mass is 334 g/mol. The zero-order valence-electron chi connectivity index (χ0n) is 15.0. The molecule has 5 nitrogen and oxygen atoms in total. The van der Waals surface area contributed by atoms with Crippen molar-refractivity contribution in [1.82, 2.24) is 10.2 Å². The van der Waals surface area contributed by atoms with Gasteiger partial charge in [0.15, 0.2) is 11.5 Å². The van der Waals surface area contributed by atoms with E-state index in [1.54, 1.807) is 0 Å². The lowest BCUT2D eigenvalue weighted by Crippen LogP contribution is -2.46. The molecule has 1 aromatic carbocycles. The number of benzene rings is 1. The van der Waals surface area contributed by atoms with Gasteiger partial charge in [0.2, 0.25) is 6.79 Å². The number of nitrogens with one attached hydrogen (secondary N) is 1. The Balaban J connectivity index is 1.51. The van der Waals surface area contributed by atoms with Crippen molar-refractivity contribution in [2.24, 2.45) is 5.92 Å². The zero-order chi connectivity index (χ0) is 17.2. The second kappa shape index (κ2) is 7.30. The minimum absolute atomic E-state index is 0.238. The quantitative estimate of drug-likeness (QED) is 0.836. The van der Waals surface area contributed by atoms with E-state index in [1.165, 1.54) is 12.8 Å². The number of nitrogens with zero attached hydrogens (tertiary/aromatic N) is 1. The number of ether oxygens (including phenoxy) is 2. The SMILES string of the molecule is CC1CCN(CC(O)CNC(C)(C)c2ccc3c(c2)OCO3)CC1. The Bertz CT molecular complexity index is 554. The summed E-state index contributed by atoms with van der Waals surface area (Å²) < 4.78 is 10.8. The molecule has 134 valence electrons. The van der Waals surface area contributed by atoms with Crippen LogP contribution in [0.25, 0.3) is 0 Å². The van der Waals surface area contributed by atoms with E-state index < -0.39 is 0 Å². The first-order valence-electron chi connectivity index (χ1n) is 8.99. The molecule has 2 N–H and O–H groups in total. The number of likely N-dealkylation sites (tertiary alicyclic amines) is 1. The highest BCUT2D eigenvalue weighted by Crippen LogP contribution is 2.35. The number of fused-ring (bicyclic) bond motifs is 1. The number of aliphatic hydroxyl groups excluding tert-OH is 1. The van der Waals surface area contributed by atoms with Crippen LogP contribution >= 0.6 is 0 Å². The molecule has 2 heterocycles. The number of β-amino-alcohol motifs (C(OH)–C–C–N with tert-alkyl or cyclic N) is 1. The van der Waals surface area contributed by atoms with Crippen molar-refractivity contribution in [3.8, 4) is 11.5 Å². The fourth-order valence-corrected chi connectivity index (χ4v) is 3.37. The topological polar surface area (TPSA) is 54.0 Å². The summed E-state index contributed by atoms with van der Waals surface area (Å²) in [6.07, 6.45) is 2.12. The number of hydrogen-bond donors (Lipinski definition) is 2. The molecular formula is C19H30N2O3. The van der Waals surface area contributed by atoms with Crippen molar-refractivity contribution >= 4 is 0 Å². The number of piperidine rings is 1. The molecule has 1 atom stereocenters. The summed E-state index contributed by atoms with van der Waals surface area (Å²) in [6.45, 7) is 10.4. The van der Waals surface area contributed by atoms with Gasteiger partial charge in [-0.25, -0.2) is 0 Å². The minimum Gasteiger partial charge on any atom is -0.454 e. The standard InChI is InChI=1S/C19H30N2O3/c1-14-6-8-21(9-7-14)12-16(22)11-20-19(2,3)15-4-5-17-18(10-15)24-13-23-17/h4-5,10,14,16,20,22H,6-9,11-13H2,1-3H3. The van der Waals surface area contributed by atoms with Crippen molar-refractivity contribution in [2.45, 2.75) is 45.3 Å². The van der Waals surface area contributed by atoms with E-state index in [0.717, 1.165) is 42.6 Å². The molecule has 0 aromatic heterocycles. The van der Waals surface area contributed by atoms with Crippen LogP contribution in [0.4, 0.5) is 0 Å². The van der Waals surface area contributed by atoms with Crippen LogP contribution in [-0.2, 0) is 5.54 Å². The summed E-state index contributed by atoms with van der Waals surface area (Å²) in [5.74, 6) is 2.42. The molecule has 0 saturated carbocycles. The van der Waals surface area contributed by atoms with Gasteiger partial charge in [-0.05, 0) is 63.4 Å². The molecule has 2 aliphatic heterocycles. The average Bonchev–Trinajstić information content (AvgIpc) is 3.03. The summed E-state index contributed by atoms with van der Waals surface area (Å²) in [7, 11) is 0. The van der Waals surface area contributed by atoms with Crippen LogP contribution in [0, 0.1) is 5.92 Å². The molecule has 1 aromatic rings.